The number of carbonyl (C=O) groups is 1. The fourth-order valence-corrected chi connectivity index (χ4v) is 4.96. The zero-order chi connectivity index (χ0) is 26.2. The van der Waals surface area contributed by atoms with Crippen molar-refractivity contribution in [3.63, 3.8) is 0 Å². The van der Waals surface area contributed by atoms with Crippen LogP contribution in [0.15, 0.2) is 48.5 Å². The van der Waals surface area contributed by atoms with Crippen molar-refractivity contribution in [1.82, 2.24) is 5.32 Å². The van der Waals surface area contributed by atoms with E-state index in [1.165, 1.54) is 7.11 Å². The summed E-state index contributed by atoms with van der Waals surface area (Å²) in [4.78, 5) is 11.5. The molecule has 0 bridgehead atoms. The Morgan fingerprint density at radius 1 is 1.06 bits per heavy atom. The smallest absolute Gasteiger partial charge is 0.309 e. The van der Waals surface area contributed by atoms with Crippen LogP contribution >= 0.6 is 11.6 Å². The number of methoxy groups -OCH3 is 1. The number of ether oxygens (including phenoxy) is 1. The van der Waals surface area contributed by atoms with Gasteiger partial charge in [-0.15, -0.1) is 0 Å². The number of anilines is 1. The van der Waals surface area contributed by atoms with E-state index >= 15 is 0 Å². The number of esters is 1. The Balaban J connectivity index is 2.08. The number of hydrogen-bond acceptors (Lipinski definition) is 5. The molecule has 0 radical (unpaired) electrons. The molecule has 2 atom stereocenters. The number of benzene rings is 2. The minimum absolute atomic E-state index is 0.0755. The number of carbonyl (C=O) groups excluding carboxylic acids is 1. The van der Waals surface area contributed by atoms with Crippen molar-refractivity contribution in [1.29, 1.82) is 0 Å². The Bertz CT molecular complexity index is 942. The molecule has 2 N–H and O–H groups in total. The maximum atomic E-state index is 11.5. The van der Waals surface area contributed by atoms with Crippen LogP contribution in [-0.4, -0.2) is 40.5 Å². The molecule has 0 amide bonds. The third-order valence-electron chi connectivity index (χ3n) is 6.89. The van der Waals surface area contributed by atoms with Gasteiger partial charge in [-0.1, -0.05) is 70.5 Å². The van der Waals surface area contributed by atoms with Crippen LogP contribution in [0.4, 0.5) is 5.69 Å². The predicted molar refractivity (Wildman–Crippen MR) is 150 cm³/mol. The summed E-state index contributed by atoms with van der Waals surface area (Å²) in [6.07, 6.45) is 0.208. The highest BCUT2D eigenvalue weighted by Crippen LogP contribution is 2.40. The van der Waals surface area contributed by atoms with Gasteiger partial charge in [0.25, 0.3) is 0 Å². The Kier molecular flexibility index (Phi) is 10.8. The maximum absolute atomic E-state index is 11.5. The van der Waals surface area contributed by atoms with Crippen LogP contribution in [0.5, 0.6) is 0 Å². The molecule has 0 aliphatic rings. The minimum Gasteiger partial charge on any atom is -0.469 e. The van der Waals surface area contributed by atoms with Crippen molar-refractivity contribution in [2.45, 2.75) is 71.3 Å². The molecule has 0 saturated heterocycles. The van der Waals surface area contributed by atoms with Crippen molar-refractivity contribution in [2.75, 3.05) is 25.5 Å². The zero-order valence-electron chi connectivity index (χ0n) is 22.6. The van der Waals surface area contributed by atoms with Crippen LogP contribution < -0.4 is 10.6 Å². The molecular formula is C28H43ClN2O3Si. The Morgan fingerprint density at radius 2 is 1.71 bits per heavy atom. The number of rotatable bonds is 12. The van der Waals surface area contributed by atoms with E-state index in [9.17, 15) is 4.79 Å². The summed E-state index contributed by atoms with van der Waals surface area (Å²) >= 11 is 6.33. The molecule has 0 aliphatic heterocycles. The fourth-order valence-electron chi connectivity index (χ4n) is 3.48. The van der Waals surface area contributed by atoms with Crippen LogP contribution in [0.3, 0.4) is 0 Å². The largest absolute Gasteiger partial charge is 0.469 e. The SMILES string of the molecule is COC(=O)Cc1ccc(NCC(NCC(O[Si](C)(C)C(C)(C)C)c2cccc(Cl)c2)C(C)C)cc1. The number of nitrogens with one attached hydrogen (secondary N) is 2. The third-order valence-corrected chi connectivity index (χ3v) is 11.6. The lowest BCUT2D eigenvalue weighted by Crippen LogP contribution is -2.46. The summed E-state index contributed by atoms with van der Waals surface area (Å²) in [6.45, 7) is 17.3. The van der Waals surface area contributed by atoms with Gasteiger partial charge in [0.15, 0.2) is 8.32 Å². The van der Waals surface area contributed by atoms with Crippen LogP contribution in [0, 0.1) is 5.92 Å². The molecule has 0 aromatic heterocycles. The van der Waals surface area contributed by atoms with E-state index in [4.69, 9.17) is 20.8 Å². The van der Waals surface area contributed by atoms with Crippen molar-refractivity contribution >= 4 is 31.6 Å². The molecule has 0 heterocycles. The first kappa shape index (κ1) is 29.4. The zero-order valence-corrected chi connectivity index (χ0v) is 24.3. The molecule has 2 unspecified atom stereocenters. The Morgan fingerprint density at radius 3 is 2.26 bits per heavy atom. The van der Waals surface area contributed by atoms with Crippen molar-refractivity contribution in [3.05, 3.63) is 64.7 Å². The summed E-state index contributed by atoms with van der Waals surface area (Å²) in [5.74, 6) is 0.193. The Hall–Kier alpha value is -1.86. The van der Waals surface area contributed by atoms with Gasteiger partial charge in [-0.2, -0.15) is 0 Å². The van der Waals surface area contributed by atoms with Crippen LogP contribution in [0.25, 0.3) is 0 Å². The molecule has 0 fully saturated rings. The summed E-state index contributed by atoms with van der Waals surface area (Å²) in [7, 11) is -0.582. The van der Waals surface area contributed by atoms with Gasteiger partial charge in [0, 0.05) is 29.8 Å². The van der Waals surface area contributed by atoms with Crippen molar-refractivity contribution in [2.24, 2.45) is 5.92 Å². The second-order valence-corrected chi connectivity index (χ2v) is 16.2. The topological polar surface area (TPSA) is 59.6 Å². The lowest BCUT2D eigenvalue weighted by molar-refractivity contribution is -0.139. The van der Waals surface area contributed by atoms with Crippen molar-refractivity contribution in [3.8, 4) is 0 Å². The molecule has 5 nitrogen and oxygen atoms in total. The molecule has 194 valence electrons. The molecular weight excluding hydrogens is 476 g/mol. The molecule has 0 spiro atoms. The standard InChI is InChI=1S/C28H43ClN2O3Si/c1-20(2)25(18-30-24-14-12-21(13-15-24)16-27(32)33-6)31-19-26(22-10-9-11-23(29)17-22)34-35(7,8)28(3,4)5/h9-15,17,20,25-26,30-31H,16,18-19H2,1-8H3. The van der Waals surface area contributed by atoms with E-state index in [0.29, 0.717) is 12.5 Å². The monoisotopic (exact) mass is 518 g/mol. The molecule has 0 saturated carbocycles. The van der Waals surface area contributed by atoms with E-state index in [2.05, 4.69) is 64.4 Å². The average molecular weight is 519 g/mol. The van der Waals surface area contributed by atoms with Gasteiger partial charge < -0.3 is 19.8 Å². The quantitative estimate of drug-likeness (QED) is 0.238. The van der Waals surface area contributed by atoms with E-state index in [1.54, 1.807) is 0 Å². The van der Waals surface area contributed by atoms with Crippen molar-refractivity contribution < 1.29 is 14.0 Å². The van der Waals surface area contributed by atoms with E-state index < -0.39 is 8.32 Å². The highest BCUT2D eigenvalue weighted by Gasteiger charge is 2.39. The van der Waals surface area contributed by atoms with E-state index in [0.717, 1.165) is 28.4 Å². The summed E-state index contributed by atoms with van der Waals surface area (Å²) < 4.78 is 11.6. The summed E-state index contributed by atoms with van der Waals surface area (Å²) in [5, 5.41) is 8.13. The fraction of sp³-hybridized carbons (Fsp3) is 0.536. The van der Waals surface area contributed by atoms with Gasteiger partial charge in [0.2, 0.25) is 0 Å². The van der Waals surface area contributed by atoms with Crippen LogP contribution in [-0.2, 0) is 20.4 Å². The third kappa shape index (κ3) is 9.26. The van der Waals surface area contributed by atoms with Gasteiger partial charge in [-0.05, 0) is 59.4 Å². The number of halogens is 1. The molecule has 2 aromatic carbocycles. The molecule has 7 heteroatoms. The molecule has 0 aliphatic carbocycles. The van der Waals surface area contributed by atoms with E-state index in [-0.39, 0.29) is 29.6 Å². The summed E-state index contributed by atoms with van der Waals surface area (Å²) in [5.41, 5.74) is 3.06. The first-order valence-electron chi connectivity index (χ1n) is 12.4. The highest BCUT2D eigenvalue weighted by molar-refractivity contribution is 6.74. The van der Waals surface area contributed by atoms with Crippen LogP contribution in [0.1, 0.15) is 51.8 Å². The number of hydrogen-bond donors (Lipinski definition) is 2. The molecule has 2 rings (SSSR count). The summed E-state index contributed by atoms with van der Waals surface area (Å²) in [6, 6.07) is 16.2. The lowest BCUT2D eigenvalue weighted by Gasteiger charge is -2.40. The predicted octanol–water partition coefficient (Wildman–Crippen LogP) is 6.84. The van der Waals surface area contributed by atoms with Gasteiger partial charge in [0.1, 0.15) is 0 Å². The second kappa shape index (κ2) is 12.9. The maximum Gasteiger partial charge on any atom is 0.309 e. The molecule has 35 heavy (non-hydrogen) atoms. The van der Waals surface area contributed by atoms with E-state index in [1.807, 2.05) is 42.5 Å². The first-order valence-corrected chi connectivity index (χ1v) is 15.7. The first-order chi connectivity index (χ1) is 16.3. The van der Waals surface area contributed by atoms with Gasteiger partial charge in [-0.25, -0.2) is 0 Å². The normalized spacial score (nSPS) is 14.0. The minimum atomic E-state index is -1.99. The second-order valence-electron chi connectivity index (χ2n) is 11.0. The van der Waals surface area contributed by atoms with Gasteiger partial charge in [0.05, 0.1) is 19.6 Å². The average Bonchev–Trinajstić information content (AvgIpc) is 2.78. The molecule has 2 aromatic rings. The van der Waals surface area contributed by atoms with Gasteiger partial charge in [-0.3, -0.25) is 4.79 Å². The Labute approximate surface area is 218 Å². The van der Waals surface area contributed by atoms with Crippen LogP contribution in [0.2, 0.25) is 23.2 Å². The van der Waals surface area contributed by atoms with Gasteiger partial charge >= 0.3 is 5.97 Å². The highest BCUT2D eigenvalue weighted by atomic mass is 35.5. The lowest BCUT2D eigenvalue weighted by atomic mass is 10.0.